The molecule has 1 saturated carbocycles. The van der Waals surface area contributed by atoms with Gasteiger partial charge in [-0.2, -0.15) is 11.8 Å². The lowest BCUT2D eigenvalue weighted by atomic mass is 10.0. The van der Waals surface area contributed by atoms with Crippen molar-refractivity contribution in [2.45, 2.75) is 68.8 Å². The van der Waals surface area contributed by atoms with Crippen LogP contribution in [0.1, 0.15) is 51.4 Å². The minimum absolute atomic E-state index is 0.00122. The third-order valence-electron chi connectivity index (χ3n) is 4.32. The first-order valence-electron chi connectivity index (χ1n) is 7.96. The fourth-order valence-electron chi connectivity index (χ4n) is 3.09. The number of amides is 2. The molecule has 2 rings (SSSR count). The quantitative estimate of drug-likeness (QED) is 0.742. The molecular formula is C15H28N2O2S. The molecule has 20 heavy (non-hydrogen) atoms. The maximum atomic E-state index is 11.8. The zero-order valence-electron chi connectivity index (χ0n) is 12.5. The van der Waals surface area contributed by atoms with Gasteiger partial charge in [-0.25, -0.2) is 4.79 Å². The molecule has 0 bridgehead atoms. The van der Waals surface area contributed by atoms with E-state index in [1.165, 1.54) is 25.7 Å². The van der Waals surface area contributed by atoms with Crippen LogP contribution in [0.2, 0.25) is 0 Å². The van der Waals surface area contributed by atoms with Crippen molar-refractivity contribution in [1.29, 1.82) is 0 Å². The predicted octanol–water partition coefficient (Wildman–Crippen LogP) is 2.92. The van der Waals surface area contributed by atoms with Gasteiger partial charge in [-0.15, -0.1) is 0 Å². The van der Waals surface area contributed by atoms with Gasteiger partial charge in [0.25, 0.3) is 0 Å². The van der Waals surface area contributed by atoms with Crippen LogP contribution >= 0.6 is 11.8 Å². The van der Waals surface area contributed by atoms with Crippen molar-refractivity contribution in [1.82, 2.24) is 10.6 Å². The van der Waals surface area contributed by atoms with Crippen LogP contribution in [0.5, 0.6) is 0 Å². The molecule has 0 aromatic rings. The van der Waals surface area contributed by atoms with Gasteiger partial charge in [0.15, 0.2) is 0 Å². The topological polar surface area (TPSA) is 50.4 Å². The molecule has 2 N–H and O–H groups in total. The molecule has 116 valence electrons. The summed E-state index contributed by atoms with van der Waals surface area (Å²) in [6.07, 6.45) is 11.8. The van der Waals surface area contributed by atoms with Crippen molar-refractivity contribution in [3.8, 4) is 0 Å². The standard InChI is InChI=1S/C15H28N2O2S/c1-20-14-8-7-12(11-14)17-15(18)16-9-4-6-13-5-2-3-10-19-13/h12-14H,2-11H2,1H3,(H2,16,17,18). The smallest absolute Gasteiger partial charge is 0.315 e. The van der Waals surface area contributed by atoms with E-state index in [0.29, 0.717) is 12.1 Å². The lowest BCUT2D eigenvalue weighted by Gasteiger charge is -2.22. The van der Waals surface area contributed by atoms with E-state index in [9.17, 15) is 4.79 Å². The number of carbonyl (C=O) groups excluding carboxylic acids is 1. The van der Waals surface area contributed by atoms with Crippen molar-refractivity contribution in [2.75, 3.05) is 19.4 Å². The van der Waals surface area contributed by atoms with Gasteiger partial charge in [0.1, 0.15) is 0 Å². The Morgan fingerprint density at radius 3 is 2.90 bits per heavy atom. The minimum Gasteiger partial charge on any atom is -0.378 e. The zero-order chi connectivity index (χ0) is 14.2. The van der Waals surface area contributed by atoms with Crippen LogP contribution in [0.3, 0.4) is 0 Å². The fraction of sp³-hybridized carbons (Fsp3) is 0.933. The Morgan fingerprint density at radius 1 is 1.30 bits per heavy atom. The monoisotopic (exact) mass is 300 g/mol. The normalized spacial score (nSPS) is 30.1. The summed E-state index contributed by atoms with van der Waals surface area (Å²) in [7, 11) is 0. The molecule has 0 radical (unpaired) electrons. The molecule has 2 aliphatic rings. The number of thioether (sulfide) groups is 1. The second-order valence-corrected chi connectivity index (χ2v) is 7.04. The van der Waals surface area contributed by atoms with Crippen molar-refractivity contribution < 1.29 is 9.53 Å². The number of rotatable bonds is 6. The Labute approximate surface area is 126 Å². The SMILES string of the molecule is CSC1CCC(NC(=O)NCCCC2CCCCO2)C1. The predicted molar refractivity (Wildman–Crippen MR) is 84.3 cm³/mol. The van der Waals surface area contributed by atoms with Crippen LogP contribution < -0.4 is 10.6 Å². The summed E-state index contributed by atoms with van der Waals surface area (Å²) in [5.41, 5.74) is 0. The summed E-state index contributed by atoms with van der Waals surface area (Å²) in [6.45, 7) is 1.67. The van der Waals surface area contributed by atoms with Crippen LogP contribution in [0, 0.1) is 0 Å². The Kier molecular flexibility index (Phi) is 7.00. The number of hydrogen-bond acceptors (Lipinski definition) is 3. The van der Waals surface area contributed by atoms with Gasteiger partial charge in [-0.1, -0.05) is 0 Å². The molecule has 1 heterocycles. The second kappa shape index (κ2) is 8.78. The van der Waals surface area contributed by atoms with E-state index < -0.39 is 0 Å². The van der Waals surface area contributed by atoms with E-state index in [4.69, 9.17) is 4.74 Å². The molecule has 2 fully saturated rings. The van der Waals surface area contributed by atoms with E-state index in [-0.39, 0.29) is 6.03 Å². The molecule has 5 heteroatoms. The second-order valence-electron chi connectivity index (χ2n) is 5.90. The molecule has 1 aliphatic carbocycles. The van der Waals surface area contributed by atoms with Crippen molar-refractivity contribution in [3.05, 3.63) is 0 Å². The third kappa shape index (κ3) is 5.52. The van der Waals surface area contributed by atoms with Crippen molar-refractivity contribution in [3.63, 3.8) is 0 Å². The molecular weight excluding hydrogens is 272 g/mol. The number of ether oxygens (including phenoxy) is 1. The van der Waals surface area contributed by atoms with E-state index >= 15 is 0 Å². The number of urea groups is 1. The first-order valence-corrected chi connectivity index (χ1v) is 9.25. The van der Waals surface area contributed by atoms with Crippen LogP contribution in [0.25, 0.3) is 0 Å². The molecule has 3 atom stereocenters. The average Bonchev–Trinajstić information content (AvgIpc) is 2.92. The van der Waals surface area contributed by atoms with E-state index in [2.05, 4.69) is 16.9 Å². The highest BCUT2D eigenvalue weighted by Gasteiger charge is 2.24. The molecule has 0 spiro atoms. The van der Waals surface area contributed by atoms with Crippen LogP contribution in [-0.4, -0.2) is 42.8 Å². The summed E-state index contributed by atoms with van der Waals surface area (Å²) in [4.78, 5) is 11.8. The van der Waals surface area contributed by atoms with Gasteiger partial charge in [-0.3, -0.25) is 0 Å². The Hall–Kier alpha value is -0.420. The third-order valence-corrected chi connectivity index (χ3v) is 5.41. The first kappa shape index (κ1) is 16.0. The summed E-state index contributed by atoms with van der Waals surface area (Å²) in [5.74, 6) is 0. The van der Waals surface area contributed by atoms with Gasteiger partial charge in [0.05, 0.1) is 6.10 Å². The summed E-state index contributed by atoms with van der Waals surface area (Å²) >= 11 is 1.91. The maximum Gasteiger partial charge on any atom is 0.315 e. The summed E-state index contributed by atoms with van der Waals surface area (Å²) < 4.78 is 5.69. The molecule has 2 amide bonds. The van der Waals surface area contributed by atoms with Gasteiger partial charge in [-0.05, 0) is 57.6 Å². The maximum absolute atomic E-state index is 11.8. The lowest BCUT2D eigenvalue weighted by molar-refractivity contribution is 0.0103. The molecule has 4 nitrogen and oxygen atoms in total. The van der Waals surface area contributed by atoms with E-state index in [1.54, 1.807) is 0 Å². The largest absolute Gasteiger partial charge is 0.378 e. The Bertz CT molecular complexity index is 296. The number of carbonyl (C=O) groups is 1. The Morgan fingerprint density at radius 2 is 2.20 bits per heavy atom. The molecule has 0 aromatic heterocycles. The first-order chi connectivity index (χ1) is 9.78. The van der Waals surface area contributed by atoms with E-state index in [0.717, 1.165) is 44.1 Å². The lowest BCUT2D eigenvalue weighted by Crippen LogP contribution is -2.41. The van der Waals surface area contributed by atoms with Gasteiger partial charge in [0, 0.05) is 24.4 Å². The van der Waals surface area contributed by atoms with E-state index in [1.807, 2.05) is 11.8 Å². The highest BCUT2D eigenvalue weighted by Crippen LogP contribution is 2.27. The molecule has 0 aromatic carbocycles. The molecule has 3 unspecified atom stereocenters. The fourth-order valence-corrected chi connectivity index (χ4v) is 3.88. The molecule has 1 aliphatic heterocycles. The average molecular weight is 300 g/mol. The van der Waals surface area contributed by atoms with Gasteiger partial charge in [0.2, 0.25) is 0 Å². The van der Waals surface area contributed by atoms with Gasteiger partial charge < -0.3 is 15.4 Å². The highest BCUT2D eigenvalue weighted by atomic mass is 32.2. The van der Waals surface area contributed by atoms with Crippen LogP contribution in [-0.2, 0) is 4.74 Å². The number of hydrogen-bond donors (Lipinski definition) is 2. The van der Waals surface area contributed by atoms with Gasteiger partial charge >= 0.3 is 6.03 Å². The minimum atomic E-state index is 0.00122. The van der Waals surface area contributed by atoms with Crippen molar-refractivity contribution >= 4 is 17.8 Å². The Balaban J connectivity index is 1.50. The molecule has 1 saturated heterocycles. The van der Waals surface area contributed by atoms with Crippen LogP contribution in [0.4, 0.5) is 4.79 Å². The number of nitrogens with one attached hydrogen (secondary N) is 2. The zero-order valence-corrected chi connectivity index (χ0v) is 13.3. The van der Waals surface area contributed by atoms with Crippen LogP contribution in [0.15, 0.2) is 0 Å². The summed E-state index contributed by atoms with van der Waals surface area (Å²) in [6, 6.07) is 0.371. The highest BCUT2D eigenvalue weighted by molar-refractivity contribution is 7.99. The summed E-state index contributed by atoms with van der Waals surface area (Å²) in [5, 5.41) is 6.78. The van der Waals surface area contributed by atoms with Crippen molar-refractivity contribution in [2.24, 2.45) is 0 Å².